The minimum Gasteiger partial charge on any atom is -0.512 e. The molecule has 0 aliphatic carbocycles. The van der Waals surface area contributed by atoms with Gasteiger partial charge in [0.05, 0.1) is 11.3 Å². The number of aliphatic hydroxyl groups is 1. The third kappa shape index (κ3) is 4.44. The van der Waals surface area contributed by atoms with E-state index in [2.05, 4.69) is 120 Å². The molecule has 5 nitrogen and oxygen atoms in total. The summed E-state index contributed by atoms with van der Waals surface area (Å²) >= 11 is 0. The van der Waals surface area contributed by atoms with Crippen molar-refractivity contribution in [2.24, 2.45) is 0 Å². The van der Waals surface area contributed by atoms with E-state index in [4.69, 9.17) is 5.11 Å². The van der Waals surface area contributed by atoms with Gasteiger partial charge in [0.25, 0.3) is 0 Å². The molecular weight excluding hydrogens is 663 g/mol. The maximum Gasteiger partial charge on any atom is 0.155 e. The van der Waals surface area contributed by atoms with E-state index in [-0.39, 0.29) is 31.6 Å². The molecule has 0 amide bonds. The molecule has 1 radical (unpaired) electrons. The Balaban J connectivity index is 0.000000345. The number of para-hydroxylation sites is 4. The van der Waals surface area contributed by atoms with Gasteiger partial charge < -0.3 is 19.3 Å². The van der Waals surface area contributed by atoms with Crippen molar-refractivity contribution in [3.63, 3.8) is 0 Å². The van der Waals surface area contributed by atoms with Crippen LogP contribution < -0.4 is 9.80 Å². The molecule has 0 atom stereocenters. The Bertz CT molecular complexity index is 1850. The van der Waals surface area contributed by atoms with E-state index in [9.17, 15) is 4.79 Å². The first-order valence-electron chi connectivity index (χ1n) is 12.8. The van der Waals surface area contributed by atoms with E-state index in [1.807, 2.05) is 0 Å². The van der Waals surface area contributed by atoms with Crippen molar-refractivity contribution >= 4 is 60.9 Å². The summed E-state index contributed by atoms with van der Waals surface area (Å²) in [6.07, 6.45) is 1.17. The van der Waals surface area contributed by atoms with Gasteiger partial charge in [-0.25, -0.2) is 0 Å². The summed E-state index contributed by atoms with van der Waals surface area (Å²) in [5.41, 5.74) is 7.30. The molecule has 6 aromatic rings. The summed E-state index contributed by atoms with van der Waals surface area (Å²) in [7, 11) is 0. The standard InChI is InChI=1S/C28H21N3.C5H8O2.Ir/c1-18(2)29-17-30(26-13-6-5-12-25(26)29)19-14-15-21-23-10-7-9-22-20-8-3-4-11-24(20)31(28(22)23)27(21)16-19;1-4(6)3-5(2)7;/h3-13,15-18H,1-2H3;3,6H,1-2H3;/q-2;;/b;4-3-;. The van der Waals surface area contributed by atoms with Crippen LogP contribution in [0.5, 0.6) is 0 Å². The molecule has 0 fully saturated rings. The molecule has 1 aliphatic rings. The summed E-state index contributed by atoms with van der Waals surface area (Å²) in [5.74, 6) is -0.0625. The number of allylic oxidation sites excluding steroid dienone is 2. The molecule has 3 heterocycles. The van der Waals surface area contributed by atoms with Crippen LogP contribution in [0.4, 0.5) is 17.1 Å². The maximum absolute atomic E-state index is 10.0. The summed E-state index contributed by atoms with van der Waals surface area (Å²) in [4.78, 5) is 14.6. The van der Waals surface area contributed by atoms with Crippen LogP contribution in [0.3, 0.4) is 0 Å². The van der Waals surface area contributed by atoms with Gasteiger partial charge in [0.15, 0.2) is 5.78 Å². The number of hydrogen-bond acceptors (Lipinski definition) is 4. The number of carbonyl (C=O) groups excluding carboxylic acids is 1. The molecular formula is C33H29IrN3O2-2. The fourth-order valence-corrected chi connectivity index (χ4v) is 5.53. The summed E-state index contributed by atoms with van der Waals surface area (Å²) in [5, 5.41) is 13.5. The Kier molecular flexibility index (Phi) is 7.11. The Morgan fingerprint density at radius 3 is 2.18 bits per heavy atom. The third-order valence-corrected chi connectivity index (χ3v) is 7.03. The Hall–Kier alpha value is -3.86. The second-order valence-corrected chi connectivity index (χ2v) is 10.0. The van der Waals surface area contributed by atoms with E-state index >= 15 is 0 Å². The average molecular weight is 692 g/mol. The van der Waals surface area contributed by atoms with E-state index in [1.54, 1.807) is 0 Å². The summed E-state index contributed by atoms with van der Waals surface area (Å²) in [6.45, 7) is 9.51. The van der Waals surface area contributed by atoms with Gasteiger partial charge in [-0.2, -0.15) is 18.8 Å². The number of ketones is 1. The summed E-state index contributed by atoms with van der Waals surface area (Å²) < 4.78 is 2.43. The molecule has 1 N–H and O–H groups in total. The number of hydrogen-bond donors (Lipinski definition) is 1. The van der Waals surface area contributed by atoms with Gasteiger partial charge in [-0.05, 0) is 57.3 Å². The van der Waals surface area contributed by atoms with Crippen molar-refractivity contribution in [2.75, 3.05) is 9.80 Å². The first-order valence-corrected chi connectivity index (χ1v) is 12.8. The monoisotopic (exact) mass is 692 g/mol. The first kappa shape index (κ1) is 26.7. The number of aromatic nitrogens is 1. The molecule has 7 rings (SSSR count). The van der Waals surface area contributed by atoms with Crippen LogP contribution in [0, 0.1) is 12.7 Å². The topological polar surface area (TPSA) is 48.2 Å². The van der Waals surface area contributed by atoms with Crippen LogP contribution >= 0.6 is 0 Å². The van der Waals surface area contributed by atoms with Crippen molar-refractivity contribution in [1.29, 1.82) is 0 Å². The molecule has 4 aromatic carbocycles. The van der Waals surface area contributed by atoms with Crippen LogP contribution in [-0.2, 0) is 24.9 Å². The molecule has 39 heavy (non-hydrogen) atoms. The van der Waals surface area contributed by atoms with Crippen molar-refractivity contribution in [3.05, 3.63) is 103 Å². The van der Waals surface area contributed by atoms with Gasteiger partial charge in [-0.3, -0.25) is 4.79 Å². The molecule has 0 spiro atoms. The predicted octanol–water partition coefficient (Wildman–Crippen LogP) is 8.16. The largest absolute Gasteiger partial charge is 0.512 e. The van der Waals surface area contributed by atoms with Crippen LogP contribution in [0.25, 0.3) is 38.1 Å². The second kappa shape index (κ2) is 10.4. The van der Waals surface area contributed by atoms with Gasteiger partial charge >= 0.3 is 0 Å². The van der Waals surface area contributed by atoms with E-state index < -0.39 is 0 Å². The number of carbonyl (C=O) groups is 1. The fraction of sp³-hybridized carbons (Fsp3) is 0.152. The first-order chi connectivity index (χ1) is 18.3. The average Bonchev–Trinajstić information content (AvgIpc) is 3.55. The smallest absolute Gasteiger partial charge is 0.155 e. The molecule has 0 saturated carbocycles. The fourth-order valence-electron chi connectivity index (χ4n) is 5.53. The van der Waals surface area contributed by atoms with Gasteiger partial charge in [0, 0.05) is 53.8 Å². The van der Waals surface area contributed by atoms with Crippen LogP contribution in [0.1, 0.15) is 27.7 Å². The van der Waals surface area contributed by atoms with Gasteiger partial charge in [0.1, 0.15) is 0 Å². The number of rotatable bonds is 3. The van der Waals surface area contributed by atoms with E-state index in [0.717, 1.165) is 5.69 Å². The molecule has 1 aliphatic heterocycles. The van der Waals surface area contributed by atoms with Gasteiger partial charge in [-0.15, -0.1) is 17.1 Å². The second-order valence-electron chi connectivity index (χ2n) is 10.0. The zero-order chi connectivity index (χ0) is 26.6. The van der Waals surface area contributed by atoms with Crippen LogP contribution in [0.15, 0.2) is 90.7 Å². The normalized spacial score (nSPS) is 13.3. The SMILES string of the molecule is CC(=O)/C=C(/C)O.CC(C)N1[CH-]N(c2[c-]cc3c4cccc5c6ccccc6n(c3c2)c54)c2ccccc21.[Ir]. The molecule has 6 heteroatoms. The minimum atomic E-state index is -0.125. The maximum atomic E-state index is 10.0. The van der Waals surface area contributed by atoms with Crippen LogP contribution in [0.2, 0.25) is 0 Å². The molecule has 199 valence electrons. The van der Waals surface area contributed by atoms with Crippen LogP contribution in [-0.4, -0.2) is 21.3 Å². The number of benzene rings is 4. The van der Waals surface area contributed by atoms with Crippen molar-refractivity contribution in [3.8, 4) is 0 Å². The van der Waals surface area contributed by atoms with E-state index in [1.165, 1.54) is 69.4 Å². The number of aliphatic hydroxyl groups excluding tert-OH is 1. The molecule has 0 bridgehead atoms. The predicted molar refractivity (Wildman–Crippen MR) is 157 cm³/mol. The number of anilines is 3. The Morgan fingerprint density at radius 2 is 1.51 bits per heavy atom. The summed E-state index contributed by atoms with van der Waals surface area (Å²) in [6, 6.07) is 32.4. The molecule has 0 unspecified atom stereocenters. The van der Waals surface area contributed by atoms with Gasteiger partial charge in [0.2, 0.25) is 0 Å². The van der Waals surface area contributed by atoms with Gasteiger partial charge in [-0.1, -0.05) is 54.0 Å². The zero-order valence-corrected chi connectivity index (χ0v) is 24.7. The Morgan fingerprint density at radius 1 is 0.872 bits per heavy atom. The Labute approximate surface area is 241 Å². The van der Waals surface area contributed by atoms with E-state index in [0.29, 0.717) is 6.04 Å². The molecule has 0 saturated heterocycles. The molecule has 2 aromatic heterocycles. The minimum absolute atomic E-state index is 0. The number of nitrogens with zero attached hydrogens (tertiary/aromatic N) is 3. The van der Waals surface area contributed by atoms with Crippen molar-refractivity contribution in [1.82, 2.24) is 4.40 Å². The van der Waals surface area contributed by atoms with Crippen molar-refractivity contribution < 1.29 is 30.0 Å². The quantitative estimate of drug-likeness (QED) is 0.116. The number of fused-ring (bicyclic) bond motifs is 7. The zero-order valence-electron chi connectivity index (χ0n) is 22.3. The van der Waals surface area contributed by atoms with Crippen molar-refractivity contribution in [2.45, 2.75) is 33.7 Å². The third-order valence-electron chi connectivity index (χ3n) is 7.03.